The van der Waals surface area contributed by atoms with E-state index in [-0.39, 0.29) is 17.9 Å². The van der Waals surface area contributed by atoms with Crippen LogP contribution in [0.25, 0.3) is 21.9 Å². The second-order valence-corrected chi connectivity index (χ2v) is 7.27. The third-order valence-corrected chi connectivity index (χ3v) is 5.07. The van der Waals surface area contributed by atoms with Gasteiger partial charge in [-0.3, -0.25) is 9.59 Å². The van der Waals surface area contributed by atoms with Crippen LogP contribution in [-0.4, -0.2) is 22.1 Å². The number of nitrogens with one attached hydrogen (secondary N) is 1. The molecule has 6 nitrogen and oxygen atoms in total. The highest BCUT2D eigenvalue weighted by molar-refractivity contribution is 5.96. The number of rotatable bonds is 5. The molecule has 1 amide bonds. The summed E-state index contributed by atoms with van der Waals surface area (Å²) in [6.07, 6.45) is 1.63. The van der Waals surface area contributed by atoms with Crippen LogP contribution in [0.5, 0.6) is 5.75 Å². The zero-order chi connectivity index (χ0) is 21.3. The maximum Gasteiger partial charge on any atom is 0.244 e. The summed E-state index contributed by atoms with van der Waals surface area (Å²) in [5, 5.41) is 3.96. The Morgan fingerprint density at radius 3 is 2.73 bits per heavy atom. The fraction of sp³-hybridized carbons (Fsp3) is 0.208. The van der Waals surface area contributed by atoms with Crippen LogP contribution < -0.4 is 15.5 Å². The molecule has 152 valence electrons. The summed E-state index contributed by atoms with van der Waals surface area (Å²) >= 11 is 0. The smallest absolute Gasteiger partial charge is 0.244 e. The lowest BCUT2D eigenvalue weighted by Crippen LogP contribution is -2.22. The Balaban J connectivity index is 1.82. The van der Waals surface area contributed by atoms with E-state index in [4.69, 9.17) is 4.74 Å². The van der Waals surface area contributed by atoms with Crippen LogP contribution in [0.4, 0.5) is 5.69 Å². The molecule has 0 aliphatic rings. The Morgan fingerprint density at radius 1 is 1.10 bits per heavy atom. The van der Waals surface area contributed by atoms with Gasteiger partial charge < -0.3 is 14.6 Å². The monoisotopic (exact) mass is 401 g/mol. The van der Waals surface area contributed by atoms with Crippen molar-refractivity contribution in [3.05, 3.63) is 76.1 Å². The van der Waals surface area contributed by atoms with Gasteiger partial charge in [-0.2, -0.15) is 0 Å². The third-order valence-electron chi connectivity index (χ3n) is 5.07. The van der Waals surface area contributed by atoms with E-state index < -0.39 is 0 Å². The first-order chi connectivity index (χ1) is 14.5. The Bertz CT molecular complexity index is 1320. The molecular formula is C24H23N3O3. The number of benzene rings is 2. The van der Waals surface area contributed by atoms with Crippen molar-refractivity contribution in [1.82, 2.24) is 9.55 Å². The summed E-state index contributed by atoms with van der Waals surface area (Å²) in [7, 11) is 0. The van der Waals surface area contributed by atoms with Crippen LogP contribution in [0.3, 0.4) is 0 Å². The number of carbonyl (C=O) groups excluding carboxylic acids is 1. The van der Waals surface area contributed by atoms with Crippen LogP contribution in [0.15, 0.2) is 59.5 Å². The van der Waals surface area contributed by atoms with Crippen molar-refractivity contribution in [2.75, 3.05) is 11.9 Å². The van der Waals surface area contributed by atoms with Crippen molar-refractivity contribution in [2.24, 2.45) is 0 Å². The van der Waals surface area contributed by atoms with Crippen molar-refractivity contribution >= 4 is 33.5 Å². The summed E-state index contributed by atoms with van der Waals surface area (Å²) in [6, 6.07) is 14.7. The van der Waals surface area contributed by atoms with E-state index in [0.717, 1.165) is 16.8 Å². The Morgan fingerprint density at radius 2 is 1.93 bits per heavy atom. The summed E-state index contributed by atoms with van der Waals surface area (Å²) in [4.78, 5) is 30.4. The van der Waals surface area contributed by atoms with Gasteiger partial charge in [-0.25, -0.2) is 4.98 Å². The van der Waals surface area contributed by atoms with Crippen molar-refractivity contribution < 1.29 is 9.53 Å². The van der Waals surface area contributed by atoms with Crippen molar-refractivity contribution in [1.29, 1.82) is 0 Å². The standard InChI is InChI=1S/C24H23N3O3/c1-4-30-17-9-10-21-19(13-17)23(29)18-6-5-11-25-24(18)27(21)14-22(28)26-20-12-15(2)7-8-16(20)3/h5-13H,4,14H2,1-3H3,(H,26,28). The molecule has 2 aromatic carbocycles. The molecule has 0 spiro atoms. The lowest BCUT2D eigenvalue weighted by Gasteiger charge is -2.16. The topological polar surface area (TPSA) is 73.2 Å². The highest BCUT2D eigenvalue weighted by Gasteiger charge is 2.15. The fourth-order valence-electron chi connectivity index (χ4n) is 3.60. The Labute approximate surface area is 174 Å². The second-order valence-electron chi connectivity index (χ2n) is 7.27. The Kier molecular flexibility index (Phi) is 5.23. The molecule has 6 heteroatoms. The number of ether oxygens (including phenoxy) is 1. The van der Waals surface area contributed by atoms with Gasteiger partial charge in [0.1, 0.15) is 17.9 Å². The molecule has 0 radical (unpaired) electrons. The number of nitrogens with zero attached hydrogens (tertiary/aromatic N) is 2. The van der Waals surface area contributed by atoms with E-state index >= 15 is 0 Å². The number of pyridine rings is 2. The molecule has 0 aliphatic carbocycles. The van der Waals surface area contributed by atoms with Crippen molar-refractivity contribution in [3.63, 3.8) is 0 Å². The minimum atomic E-state index is -0.186. The van der Waals surface area contributed by atoms with Gasteiger partial charge in [-0.05, 0) is 68.3 Å². The first kappa shape index (κ1) is 19.6. The minimum absolute atomic E-state index is 0.0334. The first-order valence-electron chi connectivity index (χ1n) is 9.89. The number of hydrogen-bond acceptors (Lipinski definition) is 4. The van der Waals surface area contributed by atoms with Gasteiger partial charge in [-0.1, -0.05) is 12.1 Å². The molecule has 2 aromatic heterocycles. The number of carbonyl (C=O) groups is 1. The van der Waals surface area contributed by atoms with Crippen LogP contribution in [-0.2, 0) is 11.3 Å². The molecule has 4 rings (SSSR count). The number of anilines is 1. The lowest BCUT2D eigenvalue weighted by atomic mass is 10.1. The normalized spacial score (nSPS) is 11.0. The summed E-state index contributed by atoms with van der Waals surface area (Å²) in [5.41, 5.74) is 3.84. The molecule has 0 atom stereocenters. The molecule has 30 heavy (non-hydrogen) atoms. The predicted octanol–water partition coefficient (Wildman–Crippen LogP) is 4.20. The molecule has 0 aliphatic heterocycles. The predicted molar refractivity (Wildman–Crippen MR) is 119 cm³/mol. The van der Waals surface area contributed by atoms with E-state index in [1.54, 1.807) is 41.1 Å². The molecule has 4 aromatic rings. The second kappa shape index (κ2) is 7.99. The van der Waals surface area contributed by atoms with Gasteiger partial charge >= 0.3 is 0 Å². The summed E-state index contributed by atoms with van der Waals surface area (Å²) in [5.74, 6) is 0.436. The maximum absolute atomic E-state index is 13.0. The van der Waals surface area contributed by atoms with Crippen LogP contribution in [0, 0.1) is 13.8 Å². The van der Waals surface area contributed by atoms with Gasteiger partial charge in [0.15, 0.2) is 5.43 Å². The molecule has 0 fully saturated rings. The van der Waals surface area contributed by atoms with Gasteiger partial charge in [0.2, 0.25) is 5.91 Å². The number of fused-ring (bicyclic) bond motifs is 2. The van der Waals surface area contributed by atoms with Gasteiger partial charge in [-0.15, -0.1) is 0 Å². The molecule has 0 unspecified atom stereocenters. The van der Waals surface area contributed by atoms with Gasteiger partial charge in [0.05, 0.1) is 22.9 Å². The largest absolute Gasteiger partial charge is 0.494 e. The van der Waals surface area contributed by atoms with E-state index in [9.17, 15) is 9.59 Å². The molecule has 0 bridgehead atoms. The summed E-state index contributed by atoms with van der Waals surface area (Å²) in [6.45, 7) is 6.37. The quantitative estimate of drug-likeness (QED) is 0.509. The number of aryl methyl sites for hydroxylation is 2. The Hall–Kier alpha value is -3.67. The maximum atomic E-state index is 13.0. The van der Waals surface area contributed by atoms with E-state index in [0.29, 0.717) is 34.3 Å². The average Bonchev–Trinajstić information content (AvgIpc) is 2.74. The average molecular weight is 401 g/mol. The number of hydrogen-bond donors (Lipinski definition) is 1. The van der Waals surface area contributed by atoms with Crippen LogP contribution in [0.2, 0.25) is 0 Å². The van der Waals surface area contributed by atoms with Crippen molar-refractivity contribution in [3.8, 4) is 5.75 Å². The number of amides is 1. The molecule has 0 saturated carbocycles. The highest BCUT2D eigenvalue weighted by atomic mass is 16.5. The minimum Gasteiger partial charge on any atom is -0.494 e. The lowest BCUT2D eigenvalue weighted by molar-refractivity contribution is -0.116. The van der Waals surface area contributed by atoms with Gasteiger partial charge in [0, 0.05) is 11.9 Å². The zero-order valence-corrected chi connectivity index (χ0v) is 17.2. The highest BCUT2D eigenvalue weighted by Crippen LogP contribution is 2.23. The molecule has 0 saturated heterocycles. The molecular weight excluding hydrogens is 378 g/mol. The third kappa shape index (κ3) is 3.64. The molecule has 2 heterocycles. The SMILES string of the molecule is CCOc1ccc2c(c1)c(=O)c1cccnc1n2CC(=O)Nc1cc(C)ccc1C. The van der Waals surface area contributed by atoms with E-state index in [1.807, 2.05) is 39.0 Å². The van der Waals surface area contributed by atoms with E-state index in [2.05, 4.69) is 10.3 Å². The zero-order valence-electron chi connectivity index (χ0n) is 17.2. The van der Waals surface area contributed by atoms with E-state index in [1.165, 1.54) is 0 Å². The summed E-state index contributed by atoms with van der Waals surface area (Å²) < 4.78 is 7.34. The molecule has 1 N–H and O–H groups in total. The fourth-order valence-corrected chi connectivity index (χ4v) is 3.60. The van der Waals surface area contributed by atoms with Gasteiger partial charge in [0.25, 0.3) is 0 Å². The van der Waals surface area contributed by atoms with Crippen LogP contribution in [0.1, 0.15) is 18.1 Å². The first-order valence-corrected chi connectivity index (χ1v) is 9.89. The van der Waals surface area contributed by atoms with Crippen LogP contribution >= 0.6 is 0 Å². The number of aromatic nitrogens is 2. The van der Waals surface area contributed by atoms with Crippen molar-refractivity contribution in [2.45, 2.75) is 27.3 Å².